The summed E-state index contributed by atoms with van der Waals surface area (Å²) >= 11 is 5.62. The van der Waals surface area contributed by atoms with Crippen molar-refractivity contribution in [1.82, 2.24) is 5.32 Å². The molecule has 5 nitrogen and oxygen atoms in total. The molecule has 1 aromatic rings. The maximum atomic E-state index is 13.8. The first-order valence-electron chi connectivity index (χ1n) is 4.97. The van der Waals surface area contributed by atoms with Crippen LogP contribution in [0.15, 0.2) is 23.4 Å². The number of hydrogen-bond donors (Lipinski definition) is 3. The number of oxime groups is 1. The Hall–Kier alpha value is -1.82. The summed E-state index contributed by atoms with van der Waals surface area (Å²) in [7, 11) is 0. The summed E-state index contributed by atoms with van der Waals surface area (Å²) in [5, 5.41) is 22.7. The summed E-state index contributed by atoms with van der Waals surface area (Å²) in [6.45, 7) is 2.88. The predicted molar refractivity (Wildman–Crippen MR) is 65.0 cm³/mol. The number of rotatable bonds is 3. The van der Waals surface area contributed by atoms with Crippen LogP contribution in [0, 0.1) is 5.82 Å². The normalized spacial score (nSPS) is 12.3. The molecule has 0 radical (unpaired) electrons. The van der Waals surface area contributed by atoms with Crippen LogP contribution in [-0.4, -0.2) is 27.7 Å². The van der Waals surface area contributed by atoms with Gasteiger partial charge in [0.2, 0.25) is 0 Å². The van der Waals surface area contributed by atoms with Gasteiger partial charge < -0.3 is 15.6 Å². The zero-order valence-corrected chi connectivity index (χ0v) is 10.5. The molecule has 1 amide bonds. The van der Waals surface area contributed by atoms with Gasteiger partial charge >= 0.3 is 6.09 Å². The SMILES string of the molecule is CC(C)(NC(=O)O)/C(=N\O)c1cccc(Cl)c1F. The molecule has 0 unspecified atom stereocenters. The Balaban J connectivity index is 3.27. The van der Waals surface area contributed by atoms with E-state index in [2.05, 4.69) is 10.5 Å². The van der Waals surface area contributed by atoms with Crippen molar-refractivity contribution in [2.45, 2.75) is 19.4 Å². The van der Waals surface area contributed by atoms with Crippen molar-refractivity contribution >= 4 is 23.4 Å². The molecule has 0 spiro atoms. The number of nitrogens with zero attached hydrogens (tertiary/aromatic N) is 1. The lowest BCUT2D eigenvalue weighted by atomic mass is 9.92. The number of amides is 1. The number of carboxylic acid groups (broad SMARTS) is 1. The van der Waals surface area contributed by atoms with Crippen molar-refractivity contribution in [3.8, 4) is 0 Å². The van der Waals surface area contributed by atoms with Gasteiger partial charge in [0.25, 0.3) is 0 Å². The van der Waals surface area contributed by atoms with Crippen molar-refractivity contribution in [3.63, 3.8) is 0 Å². The van der Waals surface area contributed by atoms with Crippen LogP contribution < -0.4 is 5.32 Å². The van der Waals surface area contributed by atoms with E-state index in [0.717, 1.165) is 0 Å². The number of hydrogen-bond acceptors (Lipinski definition) is 3. The quantitative estimate of drug-likeness (QED) is 0.450. The number of benzene rings is 1. The van der Waals surface area contributed by atoms with Crippen LogP contribution in [0.5, 0.6) is 0 Å². The number of halogens is 2. The molecule has 0 bridgehead atoms. The zero-order valence-electron chi connectivity index (χ0n) is 9.74. The van der Waals surface area contributed by atoms with Gasteiger partial charge in [0.1, 0.15) is 5.71 Å². The summed E-state index contributed by atoms with van der Waals surface area (Å²) in [6.07, 6.45) is -1.32. The van der Waals surface area contributed by atoms with Crippen molar-refractivity contribution in [3.05, 3.63) is 34.6 Å². The number of carbonyl (C=O) groups is 1. The fraction of sp³-hybridized carbons (Fsp3) is 0.273. The molecule has 0 aliphatic heterocycles. The van der Waals surface area contributed by atoms with Crippen molar-refractivity contribution in [2.24, 2.45) is 5.16 Å². The van der Waals surface area contributed by atoms with E-state index < -0.39 is 17.4 Å². The molecule has 1 aromatic carbocycles. The molecule has 0 aliphatic carbocycles. The second-order valence-corrected chi connectivity index (χ2v) is 4.51. The second-order valence-electron chi connectivity index (χ2n) is 4.11. The third kappa shape index (κ3) is 2.89. The highest BCUT2D eigenvalue weighted by Crippen LogP contribution is 2.22. The summed E-state index contributed by atoms with van der Waals surface area (Å²) in [5.74, 6) is -0.771. The van der Waals surface area contributed by atoms with Crippen LogP contribution in [0.4, 0.5) is 9.18 Å². The van der Waals surface area contributed by atoms with E-state index in [4.69, 9.17) is 21.9 Å². The molecule has 0 saturated carbocycles. The average molecular weight is 275 g/mol. The minimum Gasteiger partial charge on any atom is -0.465 e. The molecule has 0 aromatic heterocycles. The van der Waals surface area contributed by atoms with E-state index in [9.17, 15) is 9.18 Å². The van der Waals surface area contributed by atoms with E-state index in [1.165, 1.54) is 32.0 Å². The maximum absolute atomic E-state index is 13.8. The smallest absolute Gasteiger partial charge is 0.405 e. The largest absolute Gasteiger partial charge is 0.465 e. The Bertz CT molecular complexity index is 503. The Morgan fingerprint density at radius 1 is 1.50 bits per heavy atom. The van der Waals surface area contributed by atoms with E-state index >= 15 is 0 Å². The van der Waals surface area contributed by atoms with Crippen molar-refractivity contribution in [1.29, 1.82) is 0 Å². The van der Waals surface area contributed by atoms with Gasteiger partial charge in [-0.1, -0.05) is 22.8 Å². The Morgan fingerprint density at radius 2 is 2.11 bits per heavy atom. The van der Waals surface area contributed by atoms with Gasteiger partial charge in [-0.3, -0.25) is 0 Å². The molecule has 98 valence electrons. The van der Waals surface area contributed by atoms with Gasteiger partial charge in [0, 0.05) is 5.56 Å². The van der Waals surface area contributed by atoms with E-state index in [-0.39, 0.29) is 16.3 Å². The predicted octanol–water partition coefficient (Wildman–Crippen LogP) is 2.70. The topological polar surface area (TPSA) is 81.9 Å². The van der Waals surface area contributed by atoms with Gasteiger partial charge in [-0.2, -0.15) is 0 Å². The first-order chi connectivity index (χ1) is 8.29. The molecule has 7 heteroatoms. The molecular weight excluding hydrogens is 263 g/mol. The standard InChI is InChI=1S/C11H12ClFN2O3/c1-11(2,14-10(16)17)9(15-18)6-4-3-5-7(12)8(6)13/h3-5,14,18H,1-2H3,(H,16,17)/b15-9-. The Labute approximate surface area is 108 Å². The lowest BCUT2D eigenvalue weighted by Gasteiger charge is -2.25. The Morgan fingerprint density at radius 3 is 2.61 bits per heavy atom. The molecule has 0 fully saturated rings. The summed E-state index contributed by atoms with van der Waals surface area (Å²) in [4.78, 5) is 10.7. The summed E-state index contributed by atoms with van der Waals surface area (Å²) < 4.78 is 13.8. The van der Waals surface area contributed by atoms with Crippen LogP contribution >= 0.6 is 11.6 Å². The number of nitrogens with one attached hydrogen (secondary N) is 1. The zero-order chi connectivity index (χ0) is 13.9. The molecule has 0 saturated heterocycles. The molecule has 0 heterocycles. The molecule has 1 rings (SSSR count). The second kappa shape index (κ2) is 5.22. The molecule has 0 atom stereocenters. The fourth-order valence-electron chi connectivity index (χ4n) is 1.53. The van der Waals surface area contributed by atoms with Crippen molar-refractivity contribution < 1.29 is 19.5 Å². The van der Waals surface area contributed by atoms with Gasteiger partial charge in [0.15, 0.2) is 5.82 Å². The summed E-state index contributed by atoms with van der Waals surface area (Å²) in [5.41, 5.74) is -1.50. The fourth-order valence-corrected chi connectivity index (χ4v) is 1.70. The monoisotopic (exact) mass is 274 g/mol. The Kier molecular flexibility index (Phi) is 4.13. The van der Waals surface area contributed by atoms with Crippen molar-refractivity contribution in [2.75, 3.05) is 0 Å². The van der Waals surface area contributed by atoms with Gasteiger partial charge in [-0.05, 0) is 26.0 Å². The average Bonchev–Trinajstić information content (AvgIpc) is 2.23. The van der Waals surface area contributed by atoms with E-state index in [1.807, 2.05) is 0 Å². The third-order valence-electron chi connectivity index (χ3n) is 2.32. The molecule has 18 heavy (non-hydrogen) atoms. The summed E-state index contributed by atoms with van der Waals surface area (Å²) in [6, 6.07) is 4.16. The highest BCUT2D eigenvalue weighted by Gasteiger charge is 2.31. The maximum Gasteiger partial charge on any atom is 0.405 e. The first-order valence-corrected chi connectivity index (χ1v) is 5.35. The van der Waals surface area contributed by atoms with Gasteiger partial charge in [0.05, 0.1) is 10.6 Å². The van der Waals surface area contributed by atoms with Crippen LogP contribution in [0.25, 0.3) is 0 Å². The van der Waals surface area contributed by atoms with E-state index in [0.29, 0.717) is 0 Å². The highest BCUT2D eigenvalue weighted by molar-refractivity contribution is 6.31. The van der Waals surface area contributed by atoms with Crippen LogP contribution in [-0.2, 0) is 0 Å². The molecular formula is C11H12ClFN2O3. The van der Waals surface area contributed by atoms with Crippen LogP contribution in [0.3, 0.4) is 0 Å². The van der Waals surface area contributed by atoms with Crippen LogP contribution in [0.1, 0.15) is 19.4 Å². The third-order valence-corrected chi connectivity index (χ3v) is 2.61. The lowest BCUT2D eigenvalue weighted by molar-refractivity contribution is 0.188. The van der Waals surface area contributed by atoms with Crippen LogP contribution in [0.2, 0.25) is 5.02 Å². The molecule has 3 N–H and O–H groups in total. The highest BCUT2D eigenvalue weighted by atomic mass is 35.5. The first kappa shape index (κ1) is 14.2. The lowest BCUT2D eigenvalue weighted by Crippen LogP contribution is -2.49. The van der Waals surface area contributed by atoms with Gasteiger partial charge in [-0.15, -0.1) is 0 Å². The minimum atomic E-state index is -1.32. The van der Waals surface area contributed by atoms with Gasteiger partial charge in [-0.25, -0.2) is 9.18 Å². The minimum absolute atomic E-state index is 0.0660. The molecule has 0 aliphatic rings. The van der Waals surface area contributed by atoms with E-state index in [1.54, 1.807) is 0 Å².